The topological polar surface area (TPSA) is 68.3 Å². The standard InChI is InChI=1S/C31H39FN2OS.H3N/c1-6-34-36(4,5)30-12-8-7-10-25(30)22-33-35-31-17-9-11-28(31)20-26(27(21-31)18-23(2)3)19-24-13-15-29(32)16-14-24;/h7-8,10,12-16,18,20,33-34H,4-6,9,11,17,19,21-22H2,1-3H3;1H3. The van der Waals surface area contributed by atoms with E-state index in [9.17, 15) is 4.39 Å². The van der Waals surface area contributed by atoms with Crippen LogP contribution in [0.25, 0.3) is 0 Å². The molecular weight excluding hydrogens is 481 g/mol. The fourth-order valence-corrected chi connectivity index (χ4v) is 7.04. The van der Waals surface area contributed by atoms with Gasteiger partial charge in [-0.1, -0.05) is 66.7 Å². The highest BCUT2D eigenvalue weighted by molar-refractivity contribution is 8.26. The molecule has 0 saturated heterocycles. The highest BCUT2D eigenvalue weighted by atomic mass is 32.2. The second-order valence-electron chi connectivity index (χ2n) is 10.2. The summed E-state index contributed by atoms with van der Waals surface area (Å²) in [6, 6.07) is 15.2. The molecule has 1 atom stereocenters. The zero-order chi connectivity index (χ0) is 25.8. The molecule has 6 heteroatoms. The van der Waals surface area contributed by atoms with Gasteiger partial charge in [0.05, 0.1) is 0 Å². The Morgan fingerprint density at radius 1 is 1.14 bits per heavy atom. The van der Waals surface area contributed by atoms with Gasteiger partial charge < -0.3 is 6.15 Å². The van der Waals surface area contributed by atoms with E-state index in [4.69, 9.17) is 4.84 Å². The highest BCUT2D eigenvalue weighted by Gasteiger charge is 2.43. The van der Waals surface area contributed by atoms with Gasteiger partial charge in [0.25, 0.3) is 0 Å². The van der Waals surface area contributed by atoms with Crippen LogP contribution in [0.5, 0.6) is 0 Å². The molecule has 2 aromatic rings. The molecule has 200 valence electrons. The largest absolute Gasteiger partial charge is 0.344 e. The van der Waals surface area contributed by atoms with E-state index in [1.807, 2.05) is 18.2 Å². The molecule has 37 heavy (non-hydrogen) atoms. The fourth-order valence-electron chi connectivity index (χ4n) is 5.35. The number of hydrogen-bond acceptors (Lipinski definition) is 4. The van der Waals surface area contributed by atoms with Crippen molar-refractivity contribution in [2.45, 2.75) is 69.9 Å². The Kier molecular flexibility index (Phi) is 9.73. The van der Waals surface area contributed by atoms with Crippen LogP contribution in [0.4, 0.5) is 4.39 Å². The van der Waals surface area contributed by atoms with Gasteiger partial charge in [-0.3, -0.25) is 9.56 Å². The number of allylic oxidation sites excluding steroid dienone is 4. The first kappa shape index (κ1) is 29.1. The minimum absolute atomic E-state index is 0. The minimum atomic E-state index is -1.57. The van der Waals surface area contributed by atoms with Crippen molar-refractivity contribution in [3.05, 3.63) is 99.9 Å². The van der Waals surface area contributed by atoms with Crippen molar-refractivity contribution >= 4 is 21.1 Å². The Morgan fingerprint density at radius 2 is 1.86 bits per heavy atom. The monoisotopic (exact) mass is 523 g/mol. The van der Waals surface area contributed by atoms with E-state index < -0.39 is 9.39 Å². The summed E-state index contributed by atoms with van der Waals surface area (Å²) < 4.78 is 16.9. The molecule has 0 aromatic heterocycles. The summed E-state index contributed by atoms with van der Waals surface area (Å²) >= 11 is 0. The van der Waals surface area contributed by atoms with Crippen LogP contribution >= 0.6 is 9.39 Å². The van der Waals surface area contributed by atoms with Crippen LogP contribution in [0, 0.1) is 5.82 Å². The minimum Gasteiger partial charge on any atom is -0.344 e. The van der Waals surface area contributed by atoms with Crippen molar-refractivity contribution in [1.82, 2.24) is 16.4 Å². The van der Waals surface area contributed by atoms with E-state index in [1.165, 1.54) is 22.3 Å². The van der Waals surface area contributed by atoms with Crippen molar-refractivity contribution in [1.29, 1.82) is 0 Å². The number of benzene rings is 2. The maximum atomic E-state index is 13.4. The van der Waals surface area contributed by atoms with E-state index in [-0.39, 0.29) is 17.6 Å². The van der Waals surface area contributed by atoms with Gasteiger partial charge in [0.15, 0.2) is 0 Å². The average Bonchev–Trinajstić information content (AvgIpc) is 3.23. The van der Waals surface area contributed by atoms with Crippen LogP contribution in [0.1, 0.15) is 57.6 Å². The molecule has 2 aromatic carbocycles. The number of nitrogens with one attached hydrogen (secondary N) is 2. The fraction of sp³-hybridized carbons (Fsp3) is 0.355. The lowest BCUT2D eigenvalue weighted by Gasteiger charge is -2.36. The van der Waals surface area contributed by atoms with Gasteiger partial charge in [-0.2, -0.15) is 5.48 Å². The molecule has 2 aliphatic carbocycles. The van der Waals surface area contributed by atoms with Crippen molar-refractivity contribution in [3.8, 4) is 0 Å². The Labute approximate surface area is 222 Å². The first-order valence-electron chi connectivity index (χ1n) is 12.8. The summed E-state index contributed by atoms with van der Waals surface area (Å²) in [4.78, 5) is 7.72. The van der Waals surface area contributed by atoms with Crippen molar-refractivity contribution < 1.29 is 9.23 Å². The molecule has 0 heterocycles. The molecule has 0 radical (unpaired) electrons. The number of hydroxylamine groups is 1. The molecule has 4 rings (SSSR count). The number of hydrogen-bond donors (Lipinski definition) is 3. The van der Waals surface area contributed by atoms with E-state index >= 15 is 0 Å². The third kappa shape index (κ3) is 6.89. The Balaban J connectivity index is 0.00000380. The molecule has 2 aliphatic rings. The van der Waals surface area contributed by atoms with Crippen molar-refractivity contribution in [3.63, 3.8) is 0 Å². The molecular formula is C31H42FN3OS. The van der Waals surface area contributed by atoms with Gasteiger partial charge >= 0.3 is 0 Å². The molecule has 5 N–H and O–H groups in total. The van der Waals surface area contributed by atoms with Crippen molar-refractivity contribution in [2.24, 2.45) is 0 Å². The third-order valence-corrected chi connectivity index (χ3v) is 9.05. The van der Waals surface area contributed by atoms with Crippen LogP contribution in [-0.2, 0) is 17.8 Å². The summed E-state index contributed by atoms with van der Waals surface area (Å²) in [5.74, 6) is 8.55. The number of rotatable bonds is 10. The van der Waals surface area contributed by atoms with E-state index in [1.54, 1.807) is 12.1 Å². The zero-order valence-corrected chi connectivity index (χ0v) is 23.4. The third-order valence-electron chi connectivity index (χ3n) is 6.96. The quantitative estimate of drug-likeness (QED) is 0.225. The number of fused-ring (bicyclic) bond motifs is 1. The Bertz CT molecular complexity index is 1290. The molecule has 4 nitrogen and oxygen atoms in total. The van der Waals surface area contributed by atoms with Crippen LogP contribution in [0.3, 0.4) is 0 Å². The van der Waals surface area contributed by atoms with Gasteiger partial charge in [-0.15, -0.1) is 9.39 Å². The second-order valence-corrected chi connectivity index (χ2v) is 12.7. The zero-order valence-electron chi connectivity index (χ0n) is 22.5. The van der Waals surface area contributed by atoms with Crippen LogP contribution in [-0.4, -0.2) is 23.9 Å². The molecule has 1 unspecified atom stereocenters. The SMILES string of the molecule is C=S(=C)(NCC)c1ccccc1CNOC12CCCC1=CC(Cc1ccc(F)cc1)=C(C=C(C)C)C2.N. The maximum absolute atomic E-state index is 13.4. The molecule has 1 fully saturated rings. The summed E-state index contributed by atoms with van der Waals surface area (Å²) in [6.45, 7) is 7.78. The molecule has 0 aliphatic heterocycles. The molecule has 1 saturated carbocycles. The maximum Gasteiger partial charge on any atom is 0.123 e. The summed E-state index contributed by atoms with van der Waals surface area (Å²) in [7, 11) is -1.57. The van der Waals surface area contributed by atoms with Gasteiger partial charge in [0, 0.05) is 24.4 Å². The lowest BCUT2D eigenvalue weighted by atomic mass is 9.79. The molecule has 0 amide bonds. The Morgan fingerprint density at radius 3 is 2.57 bits per heavy atom. The van der Waals surface area contributed by atoms with Crippen LogP contribution in [0.2, 0.25) is 0 Å². The first-order valence-corrected chi connectivity index (χ1v) is 14.7. The lowest BCUT2D eigenvalue weighted by molar-refractivity contribution is -0.0834. The lowest BCUT2D eigenvalue weighted by Crippen LogP contribution is -2.39. The summed E-state index contributed by atoms with van der Waals surface area (Å²) in [6.07, 6.45) is 9.41. The predicted molar refractivity (Wildman–Crippen MR) is 159 cm³/mol. The smallest absolute Gasteiger partial charge is 0.123 e. The number of halogens is 1. The predicted octanol–water partition coefficient (Wildman–Crippen LogP) is 7.32. The molecule has 0 spiro atoms. The van der Waals surface area contributed by atoms with Gasteiger partial charge in [-0.25, -0.2) is 4.39 Å². The van der Waals surface area contributed by atoms with Crippen LogP contribution < -0.4 is 16.4 Å². The summed E-state index contributed by atoms with van der Waals surface area (Å²) in [5.41, 5.74) is 10.5. The summed E-state index contributed by atoms with van der Waals surface area (Å²) in [5, 5.41) is 0. The van der Waals surface area contributed by atoms with Gasteiger partial charge in [-0.05, 0) is 85.6 Å². The van der Waals surface area contributed by atoms with Gasteiger partial charge in [0.1, 0.15) is 11.4 Å². The molecule has 0 bridgehead atoms. The van der Waals surface area contributed by atoms with E-state index in [0.29, 0.717) is 6.54 Å². The normalized spacial score (nSPS) is 19.2. The second kappa shape index (κ2) is 12.4. The first-order chi connectivity index (χ1) is 17.2. The average molecular weight is 524 g/mol. The van der Waals surface area contributed by atoms with Crippen molar-refractivity contribution in [2.75, 3.05) is 6.54 Å². The Hall–Kier alpha value is -2.48. The highest BCUT2D eigenvalue weighted by Crippen LogP contribution is 2.47. The van der Waals surface area contributed by atoms with E-state index in [2.05, 4.69) is 73.1 Å². The van der Waals surface area contributed by atoms with Gasteiger partial charge in [0.2, 0.25) is 0 Å². The van der Waals surface area contributed by atoms with Crippen LogP contribution in [0.15, 0.2) is 87.9 Å². The van der Waals surface area contributed by atoms with E-state index in [0.717, 1.165) is 54.7 Å².